The molecule has 70 valence electrons. The average molecular weight is 197 g/mol. The van der Waals surface area contributed by atoms with E-state index in [1.807, 2.05) is 0 Å². The quantitative estimate of drug-likeness (QED) is 0.512. The summed E-state index contributed by atoms with van der Waals surface area (Å²) in [7, 11) is -4.28. The van der Waals surface area contributed by atoms with Crippen LogP contribution in [-0.2, 0) is 18.7 Å². The van der Waals surface area contributed by atoms with Crippen LogP contribution < -0.4 is 5.09 Å². The lowest BCUT2D eigenvalue weighted by Crippen LogP contribution is -2.21. The van der Waals surface area contributed by atoms with Gasteiger partial charge in [-0.3, -0.25) is 9.59 Å². The minimum Gasteiger partial charge on any atom is -0.480 e. The van der Waals surface area contributed by atoms with E-state index >= 15 is 0 Å². The summed E-state index contributed by atoms with van der Waals surface area (Å²) in [5, 5.41) is 9.73. The first kappa shape index (κ1) is 11.1. The van der Waals surface area contributed by atoms with Crippen molar-refractivity contribution < 1.29 is 28.7 Å². The summed E-state index contributed by atoms with van der Waals surface area (Å²) in [6.45, 7) is 0.187. The van der Waals surface area contributed by atoms with Crippen molar-refractivity contribution >= 4 is 19.7 Å². The molecule has 0 radical (unpaired) electrons. The van der Waals surface area contributed by atoms with Crippen LogP contribution in [0.1, 0.15) is 6.92 Å². The van der Waals surface area contributed by atoms with Gasteiger partial charge < -0.3 is 14.5 Å². The highest BCUT2D eigenvalue weighted by molar-refractivity contribution is 7.51. The molecule has 3 N–H and O–H groups in total. The molecule has 0 aromatic rings. The lowest BCUT2D eigenvalue weighted by atomic mass is 10.7. The number of carbonyl (C=O) groups is 2. The van der Waals surface area contributed by atoms with Crippen LogP contribution in [0.5, 0.6) is 0 Å². The molecule has 0 fully saturated rings. The Labute approximate surface area is 67.9 Å². The molecule has 0 aliphatic rings. The molecule has 0 rings (SSSR count). The van der Waals surface area contributed by atoms with E-state index in [9.17, 15) is 14.2 Å². The van der Waals surface area contributed by atoms with Gasteiger partial charge in [0.05, 0.1) is 0 Å². The number of carbonyl (C=O) groups excluding carboxylic acids is 1. The maximum absolute atomic E-state index is 10.7. The van der Waals surface area contributed by atoms with Gasteiger partial charge in [-0.15, -0.1) is 0 Å². The first-order chi connectivity index (χ1) is 5.33. The highest BCUT2D eigenvalue weighted by Crippen LogP contribution is 2.36. The Morgan fingerprint density at radius 2 is 2.08 bits per heavy atom. The normalized spacial score (nSPS) is 14.8. The molecule has 0 aromatic carbocycles. The van der Waals surface area contributed by atoms with Crippen LogP contribution in [0.15, 0.2) is 0 Å². The van der Waals surface area contributed by atoms with E-state index in [1.54, 1.807) is 5.09 Å². The van der Waals surface area contributed by atoms with Crippen molar-refractivity contribution in [2.75, 3.05) is 6.54 Å². The van der Waals surface area contributed by atoms with Crippen LogP contribution in [0.3, 0.4) is 0 Å². The van der Waals surface area contributed by atoms with Gasteiger partial charge in [0.15, 0.2) is 0 Å². The zero-order valence-corrected chi connectivity index (χ0v) is 7.08. The molecular formula is C4H8NO6P. The van der Waals surface area contributed by atoms with Crippen molar-refractivity contribution in [1.29, 1.82) is 0 Å². The summed E-state index contributed by atoms with van der Waals surface area (Å²) < 4.78 is 14.6. The maximum Gasteiger partial charge on any atom is 0.458 e. The minimum absolute atomic E-state index is 0.749. The Hall–Kier alpha value is -0.910. The minimum atomic E-state index is -4.28. The zero-order valence-electron chi connectivity index (χ0n) is 6.18. The standard InChI is InChI=1S/C4H8NO6P/c1-3(6)11-12(9,10)5-2-4(7)8/h2H2,1H3,(H,7,8)(H2,5,9,10). The largest absolute Gasteiger partial charge is 0.480 e. The van der Waals surface area contributed by atoms with E-state index in [2.05, 4.69) is 4.52 Å². The van der Waals surface area contributed by atoms with Crippen molar-refractivity contribution in [3.05, 3.63) is 0 Å². The third-order valence-electron chi connectivity index (χ3n) is 0.682. The Balaban J connectivity index is 3.96. The van der Waals surface area contributed by atoms with E-state index in [-0.39, 0.29) is 0 Å². The van der Waals surface area contributed by atoms with Crippen molar-refractivity contribution in [3.63, 3.8) is 0 Å². The first-order valence-corrected chi connectivity index (χ1v) is 4.41. The molecule has 0 amide bonds. The zero-order chi connectivity index (χ0) is 9.78. The Kier molecular flexibility index (Phi) is 3.88. The number of aliphatic carboxylic acids is 1. The number of hydrogen-bond acceptors (Lipinski definition) is 4. The predicted molar refractivity (Wildman–Crippen MR) is 37.2 cm³/mol. The second kappa shape index (κ2) is 4.20. The first-order valence-electron chi connectivity index (χ1n) is 2.83. The summed E-state index contributed by atoms with van der Waals surface area (Å²) in [5.74, 6) is -2.28. The molecule has 8 heteroatoms. The van der Waals surface area contributed by atoms with Gasteiger partial charge in [-0.1, -0.05) is 0 Å². The molecule has 0 bridgehead atoms. The fourth-order valence-corrected chi connectivity index (χ4v) is 1.12. The lowest BCUT2D eigenvalue weighted by Gasteiger charge is -2.09. The Morgan fingerprint density at radius 1 is 1.58 bits per heavy atom. The fourth-order valence-electron chi connectivity index (χ4n) is 0.374. The van der Waals surface area contributed by atoms with Gasteiger partial charge in [-0.25, -0.2) is 9.65 Å². The second-order valence-corrected chi connectivity index (χ2v) is 3.37. The number of carboxylic acids is 1. The third kappa shape index (κ3) is 5.84. The lowest BCUT2D eigenvalue weighted by molar-refractivity contribution is -0.136. The topological polar surface area (TPSA) is 113 Å². The maximum atomic E-state index is 10.7. The second-order valence-electron chi connectivity index (χ2n) is 1.83. The summed E-state index contributed by atoms with van der Waals surface area (Å²) in [6, 6.07) is 0. The van der Waals surface area contributed by atoms with Crippen LogP contribution >= 0.6 is 7.75 Å². The fraction of sp³-hybridized carbons (Fsp3) is 0.500. The number of rotatable bonds is 4. The van der Waals surface area contributed by atoms with E-state index in [4.69, 9.17) is 10.00 Å². The van der Waals surface area contributed by atoms with Gasteiger partial charge in [-0.2, -0.15) is 0 Å². The SMILES string of the molecule is CC(=O)OP(=O)(O)NCC(=O)O. The number of nitrogens with one attached hydrogen (secondary N) is 1. The van der Waals surface area contributed by atoms with Gasteiger partial charge in [-0.05, 0) is 0 Å². The van der Waals surface area contributed by atoms with Gasteiger partial charge in [0.1, 0.15) is 6.54 Å². The molecule has 0 aromatic heterocycles. The van der Waals surface area contributed by atoms with Crippen molar-refractivity contribution in [2.45, 2.75) is 6.92 Å². The molecule has 1 unspecified atom stereocenters. The van der Waals surface area contributed by atoms with Crippen LogP contribution in [-0.4, -0.2) is 28.5 Å². The summed E-state index contributed by atoms with van der Waals surface area (Å²) in [6.07, 6.45) is 0. The molecule has 0 aliphatic heterocycles. The monoisotopic (exact) mass is 197 g/mol. The van der Waals surface area contributed by atoms with Crippen LogP contribution in [0.2, 0.25) is 0 Å². The summed E-state index contributed by atoms with van der Waals surface area (Å²) in [4.78, 5) is 28.7. The summed E-state index contributed by atoms with van der Waals surface area (Å²) in [5.41, 5.74) is 0. The van der Waals surface area contributed by atoms with E-state index in [1.165, 1.54) is 0 Å². The molecule has 0 heterocycles. The molecule has 7 nitrogen and oxygen atoms in total. The Bertz CT molecular complexity index is 238. The van der Waals surface area contributed by atoms with Gasteiger partial charge in [0, 0.05) is 6.92 Å². The van der Waals surface area contributed by atoms with Crippen LogP contribution in [0, 0.1) is 0 Å². The molecule has 0 spiro atoms. The highest BCUT2D eigenvalue weighted by atomic mass is 31.2. The molecule has 0 saturated carbocycles. The molecule has 0 aliphatic carbocycles. The van der Waals surface area contributed by atoms with Gasteiger partial charge in [0.25, 0.3) is 0 Å². The van der Waals surface area contributed by atoms with Gasteiger partial charge >= 0.3 is 19.7 Å². The molecule has 12 heavy (non-hydrogen) atoms. The Morgan fingerprint density at radius 3 is 2.42 bits per heavy atom. The number of carboxylic acid groups (broad SMARTS) is 1. The predicted octanol–water partition coefficient (Wildman–Crippen LogP) is -0.676. The molecule has 0 saturated heterocycles. The van der Waals surface area contributed by atoms with Crippen molar-refractivity contribution in [3.8, 4) is 0 Å². The van der Waals surface area contributed by atoms with E-state index in [0.717, 1.165) is 6.92 Å². The average Bonchev–Trinajstić information content (AvgIpc) is 1.81. The van der Waals surface area contributed by atoms with Gasteiger partial charge in [0.2, 0.25) is 0 Å². The molecular weight excluding hydrogens is 189 g/mol. The third-order valence-corrected chi connectivity index (χ3v) is 1.74. The van der Waals surface area contributed by atoms with Crippen molar-refractivity contribution in [2.24, 2.45) is 0 Å². The summed E-state index contributed by atoms with van der Waals surface area (Å²) >= 11 is 0. The van der Waals surface area contributed by atoms with E-state index in [0.29, 0.717) is 0 Å². The van der Waals surface area contributed by atoms with E-state index < -0.39 is 26.2 Å². The van der Waals surface area contributed by atoms with Crippen molar-refractivity contribution in [1.82, 2.24) is 5.09 Å². The smallest absolute Gasteiger partial charge is 0.458 e. The van der Waals surface area contributed by atoms with Crippen LogP contribution in [0.25, 0.3) is 0 Å². The van der Waals surface area contributed by atoms with Crippen LogP contribution in [0.4, 0.5) is 0 Å². The number of hydrogen-bond donors (Lipinski definition) is 3. The highest BCUT2D eigenvalue weighted by Gasteiger charge is 2.22. The molecule has 1 atom stereocenters.